The number of hydrogen-bond donors (Lipinski definition) is 1. The Morgan fingerprint density at radius 3 is 2.77 bits per heavy atom. The summed E-state index contributed by atoms with van der Waals surface area (Å²) in [5.41, 5.74) is 2.50. The lowest BCUT2D eigenvalue weighted by Gasteiger charge is -2.35. The molecule has 1 N–H and O–H groups in total. The molecule has 2 aliphatic heterocycles. The summed E-state index contributed by atoms with van der Waals surface area (Å²) in [6, 6.07) is 10.9. The molecular formula is C18H25N3O. The summed E-state index contributed by atoms with van der Waals surface area (Å²) in [7, 11) is 0. The monoisotopic (exact) mass is 299 g/mol. The van der Waals surface area contributed by atoms with Crippen molar-refractivity contribution in [3.05, 3.63) is 48.0 Å². The van der Waals surface area contributed by atoms with Crippen molar-refractivity contribution >= 4 is 6.03 Å². The summed E-state index contributed by atoms with van der Waals surface area (Å²) in [6.45, 7) is 10.6. The van der Waals surface area contributed by atoms with Crippen LogP contribution in [0, 0.1) is 5.92 Å². The molecule has 2 amide bonds. The minimum absolute atomic E-state index is 0.0569. The Labute approximate surface area is 132 Å². The predicted octanol–water partition coefficient (Wildman–Crippen LogP) is 2.48. The van der Waals surface area contributed by atoms with Crippen molar-refractivity contribution in [1.29, 1.82) is 0 Å². The van der Waals surface area contributed by atoms with Crippen molar-refractivity contribution < 1.29 is 4.79 Å². The summed E-state index contributed by atoms with van der Waals surface area (Å²) < 4.78 is 0. The van der Waals surface area contributed by atoms with Gasteiger partial charge < -0.3 is 10.2 Å². The van der Waals surface area contributed by atoms with Crippen LogP contribution in [0.1, 0.15) is 18.9 Å². The average molecular weight is 299 g/mol. The van der Waals surface area contributed by atoms with Crippen molar-refractivity contribution in [3.8, 4) is 0 Å². The van der Waals surface area contributed by atoms with Crippen LogP contribution in [0.25, 0.3) is 0 Å². The first-order chi connectivity index (χ1) is 10.6. The number of hydrogen-bond acceptors (Lipinski definition) is 2. The van der Waals surface area contributed by atoms with Gasteiger partial charge in [0.15, 0.2) is 0 Å². The van der Waals surface area contributed by atoms with Crippen LogP contribution in [0.5, 0.6) is 0 Å². The van der Waals surface area contributed by atoms with Crippen LogP contribution in [-0.4, -0.2) is 48.1 Å². The maximum atomic E-state index is 12.1. The Morgan fingerprint density at radius 2 is 2.09 bits per heavy atom. The molecule has 0 aromatic heterocycles. The third-order valence-corrected chi connectivity index (χ3v) is 4.73. The number of carbonyl (C=O) groups excluding carboxylic acids is 1. The number of nitrogens with one attached hydrogen (secondary N) is 1. The van der Waals surface area contributed by atoms with Crippen LogP contribution < -0.4 is 5.32 Å². The first-order valence-corrected chi connectivity index (χ1v) is 8.10. The molecule has 4 heteroatoms. The Kier molecular flexibility index (Phi) is 4.48. The van der Waals surface area contributed by atoms with E-state index in [4.69, 9.17) is 0 Å². The third-order valence-electron chi connectivity index (χ3n) is 4.73. The summed E-state index contributed by atoms with van der Waals surface area (Å²) in [5, 5.41) is 3.15. The first-order valence-electron chi connectivity index (χ1n) is 8.10. The lowest BCUT2D eigenvalue weighted by Crippen LogP contribution is -2.52. The fourth-order valence-electron chi connectivity index (χ4n) is 3.30. The molecule has 2 heterocycles. The van der Waals surface area contributed by atoms with Gasteiger partial charge in [0.2, 0.25) is 0 Å². The molecule has 1 aromatic rings. The number of amides is 2. The van der Waals surface area contributed by atoms with Gasteiger partial charge in [-0.05, 0) is 36.9 Å². The number of carbonyl (C=O) groups is 1. The molecule has 3 rings (SSSR count). The van der Waals surface area contributed by atoms with Crippen LogP contribution in [0.4, 0.5) is 4.79 Å². The quantitative estimate of drug-likeness (QED) is 0.867. The number of benzene rings is 1. The average Bonchev–Trinajstić information content (AvgIpc) is 2.93. The van der Waals surface area contributed by atoms with Gasteiger partial charge in [0.1, 0.15) is 0 Å². The van der Waals surface area contributed by atoms with Crippen molar-refractivity contribution in [2.24, 2.45) is 5.92 Å². The van der Waals surface area contributed by atoms with Gasteiger partial charge in [-0.15, -0.1) is 0 Å². The van der Waals surface area contributed by atoms with Crippen LogP contribution in [-0.2, 0) is 6.54 Å². The summed E-state index contributed by atoms with van der Waals surface area (Å²) >= 11 is 0. The van der Waals surface area contributed by atoms with Crippen molar-refractivity contribution in [3.63, 3.8) is 0 Å². The van der Waals surface area contributed by atoms with Gasteiger partial charge in [0, 0.05) is 32.2 Å². The van der Waals surface area contributed by atoms with Gasteiger partial charge in [-0.2, -0.15) is 0 Å². The van der Waals surface area contributed by atoms with E-state index in [9.17, 15) is 4.79 Å². The van der Waals surface area contributed by atoms with E-state index in [1.807, 2.05) is 4.90 Å². The molecular weight excluding hydrogens is 274 g/mol. The van der Waals surface area contributed by atoms with Crippen molar-refractivity contribution in [1.82, 2.24) is 15.1 Å². The lowest BCUT2D eigenvalue weighted by molar-refractivity contribution is 0.183. The number of rotatable bonds is 4. The Bertz CT molecular complexity index is 535. The summed E-state index contributed by atoms with van der Waals surface area (Å²) in [6.07, 6.45) is 1.15. The molecule has 118 valence electrons. The molecule has 0 aliphatic carbocycles. The normalized spacial score (nSPS) is 23.2. The molecule has 2 atom stereocenters. The Hall–Kier alpha value is -1.81. The van der Waals surface area contributed by atoms with Gasteiger partial charge >= 0.3 is 6.03 Å². The van der Waals surface area contributed by atoms with E-state index in [1.165, 1.54) is 5.56 Å². The molecule has 0 spiro atoms. The van der Waals surface area contributed by atoms with Crippen LogP contribution >= 0.6 is 0 Å². The number of likely N-dealkylation sites (tertiary alicyclic amines) is 2. The smallest absolute Gasteiger partial charge is 0.318 e. The molecule has 0 saturated carbocycles. The highest BCUT2D eigenvalue weighted by Crippen LogP contribution is 2.22. The summed E-state index contributed by atoms with van der Waals surface area (Å²) in [4.78, 5) is 16.4. The number of urea groups is 1. The molecule has 4 nitrogen and oxygen atoms in total. The van der Waals surface area contributed by atoms with Gasteiger partial charge in [0.05, 0.1) is 0 Å². The minimum atomic E-state index is 0.0569. The molecule has 0 radical (unpaired) electrons. The van der Waals surface area contributed by atoms with Crippen molar-refractivity contribution in [2.45, 2.75) is 25.9 Å². The zero-order valence-electron chi connectivity index (χ0n) is 13.3. The molecule has 22 heavy (non-hydrogen) atoms. The zero-order chi connectivity index (χ0) is 15.5. The SMILES string of the molecule is C=C1CN(C(=O)NC(C)C2CCN(Cc3ccccc3)C2)C1. The molecule has 0 bridgehead atoms. The topological polar surface area (TPSA) is 35.6 Å². The lowest BCUT2D eigenvalue weighted by atomic mass is 10.0. The van der Waals surface area contributed by atoms with Gasteiger partial charge in [-0.1, -0.05) is 36.9 Å². The molecule has 2 saturated heterocycles. The fraction of sp³-hybridized carbons (Fsp3) is 0.500. The van der Waals surface area contributed by atoms with E-state index in [0.29, 0.717) is 19.0 Å². The van der Waals surface area contributed by atoms with E-state index in [1.54, 1.807) is 0 Å². The maximum absolute atomic E-state index is 12.1. The second-order valence-corrected chi connectivity index (χ2v) is 6.61. The summed E-state index contributed by atoms with van der Waals surface area (Å²) in [5.74, 6) is 0.539. The standard InChI is InChI=1S/C18H25N3O/c1-14-10-21(11-14)18(22)19-15(2)17-8-9-20(13-17)12-16-6-4-3-5-7-16/h3-7,15,17H,1,8-13H2,2H3,(H,19,22). The second-order valence-electron chi connectivity index (χ2n) is 6.61. The number of nitrogens with zero attached hydrogens (tertiary/aromatic N) is 2. The largest absolute Gasteiger partial charge is 0.335 e. The van der Waals surface area contributed by atoms with E-state index in [0.717, 1.165) is 31.6 Å². The van der Waals surface area contributed by atoms with Crippen molar-refractivity contribution in [2.75, 3.05) is 26.2 Å². The zero-order valence-corrected chi connectivity index (χ0v) is 13.3. The van der Waals surface area contributed by atoms with E-state index >= 15 is 0 Å². The van der Waals surface area contributed by atoms with Crippen LogP contribution in [0.3, 0.4) is 0 Å². The van der Waals surface area contributed by atoms with E-state index < -0.39 is 0 Å². The van der Waals surface area contributed by atoms with E-state index in [2.05, 4.69) is 54.1 Å². The Morgan fingerprint density at radius 1 is 1.36 bits per heavy atom. The molecule has 2 aliphatic rings. The van der Waals surface area contributed by atoms with Gasteiger partial charge in [0.25, 0.3) is 0 Å². The molecule has 1 aromatic carbocycles. The van der Waals surface area contributed by atoms with Gasteiger partial charge in [-0.3, -0.25) is 4.90 Å². The fourth-order valence-corrected chi connectivity index (χ4v) is 3.30. The highest BCUT2D eigenvalue weighted by atomic mass is 16.2. The van der Waals surface area contributed by atoms with E-state index in [-0.39, 0.29) is 12.1 Å². The molecule has 2 fully saturated rings. The highest BCUT2D eigenvalue weighted by molar-refractivity contribution is 5.76. The Balaban J connectivity index is 1.45. The molecule has 2 unspecified atom stereocenters. The van der Waals surface area contributed by atoms with Crippen LogP contribution in [0.15, 0.2) is 42.5 Å². The van der Waals surface area contributed by atoms with Crippen LogP contribution in [0.2, 0.25) is 0 Å². The third kappa shape index (κ3) is 3.50. The minimum Gasteiger partial charge on any atom is -0.335 e. The second kappa shape index (κ2) is 6.53. The predicted molar refractivity (Wildman–Crippen MR) is 88.5 cm³/mol. The highest BCUT2D eigenvalue weighted by Gasteiger charge is 2.30. The maximum Gasteiger partial charge on any atom is 0.318 e. The van der Waals surface area contributed by atoms with Gasteiger partial charge in [-0.25, -0.2) is 4.79 Å². The first kappa shape index (κ1) is 15.1.